The van der Waals surface area contributed by atoms with Crippen molar-refractivity contribution in [3.05, 3.63) is 11.7 Å². The topological polar surface area (TPSA) is 12.9 Å². The molecular formula is C7H9F2NS2. The minimum Gasteiger partial charge on any atom is -0.252 e. The molecule has 0 radical (unpaired) electrons. The molecule has 0 aliphatic carbocycles. The Labute approximate surface area is 78.2 Å². The third kappa shape index (κ3) is 2.71. The number of thiazole rings is 1. The number of alkyl halides is 2. The Morgan fingerprint density at radius 2 is 2.42 bits per heavy atom. The first-order valence-corrected chi connectivity index (χ1v) is 5.33. The van der Waals surface area contributed by atoms with Crippen LogP contribution in [0.4, 0.5) is 8.78 Å². The summed E-state index contributed by atoms with van der Waals surface area (Å²) in [6, 6.07) is 0. The molecule has 1 aromatic heterocycles. The highest BCUT2D eigenvalue weighted by atomic mass is 32.2. The van der Waals surface area contributed by atoms with Crippen LogP contribution in [-0.2, 0) is 0 Å². The van der Waals surface area contributed by atoms with Gasteiger partial charge in [-0.1, -0.05) is 6.92 Å². The van der Waals surface area contributed by atoms with Crippen LogP contribution in [0.1, 0.15) is 13.3 Å². The zero-order valence-electron chi connectivity index (χ0n) is 6.54. The smallest absolute Gasteiger partial charge is 0.250 e. The predicted octanol–water partition coefficient (Wildman–Crippen LogP) is 3.28. The number of hydrogen-bond acceptors (Lipinski definition) is 3. The van der Waals surface area contributed by atoms with E-state index in [-0.39, 0.29) is 0 Å². The lowest BCUT2D eigenvalue weighted by Gasteiger charge is -2.10. The van der Waals surface area contributed by atoms with Crippen molar-refractivity contribution >= 4 is 23.1 Å². The van der Waals surface area contributed by atoms with Gasteiger partial charge in [0.05, 0.1) is 21.2 Å². The lowest BCUT2D eigenvalue weighted by molar-refractivity contribution is 0.143. The highest BCUT2D eigenvalue weighted by Crippen LogP contribution is 2.31. The van der Waals surface area contributed by atoms with E-state index in [2.05, 4.69) is 4.98 Å². The number of halogens is 2. The molecule has 1 heterocycles. The molecule has 1 nitrogen and oxygen atoms in total. The molecule has 0 fully saturated rings. The molecule has 1 unspecified atom stereocenters. The lowest BCUT2D eigenvalue weighted by Crippen LogP contribution is -2.11. The third-order valence-corrected chi connectivity index (χ3v) is 3.68. The van der Waals surface area contributed by atoms with Gasteiger partial charge >= 0.3 is 0 Å². The summed E-state index contributed by atoms with van der Waals surface area (Å²) in [4.78, 5) is 3.82. The molecule has 0 spiro atoms. The van der Waals surface area contributed by atoms with E-state index in [1.807, 2.05) is 0 Å². The Hall–Kier alpha value is -0.160. The third-order valence-electron chi connectivity index (χ3n) is 1.36. The van der Waals surface area contributed by atoms with Crippen molar-refractivity contribution in [2.45, 2.75) is 29.2 Å². The molecule has 1 rings (SSSR count). The molecule has 0 N–H and O–H groups in total. The quantitative estimate of drug-likeness (QED) is 0.706. The molecule has 0 aromatic carbocycles. The van der Waals surface area contributed by atoms with E-state index in [1.54, 1.807) is 18.6 Å². The minimum absolute atomic E-state index is 0.486. The number of nitrogens with zero attached hydrogens (tertiary/aromatic N) is 1. The zero-order chi connectivity index (χ0) is 8.97. The summed E-state index contributed by atoms with van der Waals surface area (Å²) >= 11 is 2.61. The molecule has 5 heteroatoms. The van der Waals surface area contributed by atoms with Crippen LogP contribution in [0.3, 0.4) is 0 Å². The second-order valence-corrected chi connectivity index (χ2v) is 4.65. The first-order chi connectivity index (χ1) is 5.74. The van der Waals surface area contributed by atoms with Crippen molar-refractivity contribution in [1.82, 2.24) is 4.98 Å². The Kier molecular flexibility index (Phi) is 3.94. The summed E-state index contributed by atoms with van der Waals surface area (Å²) in [7, 11) is 0. The van der Waals surface area contributed by atoms with Crippen LogP contribution in [0.5, 0.6) is 0 Å². The van der Waals surface area contributed by atoms with Crippen molar-refractivity contribution in [3.63, 3.8) is 0 Å². The fraction of sp³-hybridized carbons (Fsp3) is 0.571. The molecule has 0 aliphatic heterocycles. The van der Waals surface area contributed by atoms with Crippen LogP contribution in [0.2, 0.25) is 0 Å². The molecular weight excluding hydrogens is 200 g/mol. The summed E-state index contributed by atoms with van der Waals surface area (Å²) in [5.74, 6) is 0. The largest absolute Gasteiger partial charge is 0.252 e. The number of thioether (sulfide) groups is 1. The highest BCUT2D eigenvalue weighted by molar-refractivity contribution is 8.01. The van der Waals surface area contributed by atoms with Gasteiger partial charge < -0.3 is 0 Å². The van der Waals surface area contributed by atoms with Crippen molar-refractivity contribution in [2.24, 2.45) is 0 Å². The normalized spacial score (nSPS) is 13.7. The SMILES string of the molecule is CCC(Sc1cncs1)C(F)F. The zero-order valence-corrected chi connectivity index (χ0v) is 8.17. The van der Waals surface area contributed by atoms with Crippen LogP contribution < -0.4 is 0 Å². The number of aromatic nitrogens is 1. The van der Waals surface area contributed by atoms with Crippen molar-refractivity contribution in [1.29, 1.82) is 0 Å². The Morgan fingerprint density at radius 3 is 2.83 bits per heavy atom. The van der Waals surface area contributed by atoms with E-state index in [0.717, 1.165) is 4.21 Å². The van der Waals surface area contributed by atoms with Crippen molar-refractivity contribution in [3.8, 4) is 0 Å². The number of rotatable bonds is 4. The standard InChI is InChI=1S/C7H9F2NS2/c1-2-5(7(8)9)12-6-3-10-4-11-6/h3-5,7H,2H2,1H3. The van der Waals surface area contributed by atoms with Gasteiger partial charge in [-0.15, -0.1) is 23.1 Å². The Bertz CT molecular complexity index is 213. The van der Waals surface area contributed by atoms with Gasteiger partial charge in [-0.05, 0) is 6.42 Å². The molecule has 0 saturated carbocycles. The first-order valence-electron chi connectivity index (χ1n) is 3.57. The summed E-state index contributed by atoms with van der Waals surface area (Å²) in [5.41, 5.74) is 1.65. The Morgan fingerprint density at radius 1 is 1.67 bits per heavy atom. The maximum Gasteiger partial charge on any atom is 0.250 e. The summed E-state index contributed by atoms with van der Waals surface area (Å²) in [6.45, 7) is 1.77. The summed E-state index contributed by atoms with van der Waals surface area (Å²) in [6.07, 6.45) is -0.136. The van der Waals surface area contributed by atoms with Crippen LogP contribution >= 0.6 is 23.1 Å². The first kappa shape index (κ1) is 9.92. The van der Waals surface area contributed by atoms with Gasteiger partial charge in [-0.3, -0.25) is 4.98 Å². The van der Waals surface area contributed by atoms with Crippen molar-refractivity contribution in [2.75, 3.05) is 0 Å². The van der Waals surface area contributed by atoms with E-state index < -0.39 is 11.7 Å². The molecule has 0 saturated heterocycles. The van der Waals surface area contributed by atoms with Gasteiger partial charge in [0, 0.05) is 0 Å². The van der Waals surface area contributed by atoms with Gasteiger partial charge in [0.15, 0.2) is 0 Å². The minimum atomic E-state index is -2.25. The molecule has 0 aliphatic rings. The van der Waals surface area contributed by atoms with E-state index in [0.29, 0.717) is 6.42 Å². The molecule has 0 bridgehead atoms. The fourth-order valence-corrected chi connectivity index (χ4v) is 2.48. The predicted molar refractivity (Wildman–Crippen MR) is 48.1 cm³/mol. The van der Waals surface area contributed by atoms with Crippen LogP contribution in [0.25, 0.3) is 0 Å². The second-order valence-electron chi connectivity index (χ2n) is 2.22. The molecule has 68 valence electrons. The molecule has 0 amide bonds. The van der Waals surface area contributed by atoms with E-state index in [9.17, 15) is 8.78 Å². The van der Waals surface area contributed by atoms with Gasteiger partial charge in [-0.25, -0.2) is 8.78 Å². The highest BCUT2D eigenvalue weighted by Gasteiger charge is 2.19. The number of hydrogen-bond donors (Lipinski definition) is 0. The summed E-state index contributed by atoms with van der Waals surface area (Å²) < 4.78 is 25.4. The maximum absolute atomic E-state index is 12.3. The lowest BCUT2D eigenvalue weighted by atomic mass is 10.3. The molecule has 1 atom stereocenters. The van der Waals surface area contributed by atoms with Crippen molar-refractivity contribution < 1.29 is 8.78 Å². The Balaban J connectivity index is 2.48. The van der Waals surface area contributed by atoms with Crippen LogP contribution in [0, 0.1) is 0 Å². The van der Waals surface area contributed by atoms with Crippen LogP contribution in [0.15, 0.2) is 15.9 Å². The molecule has 1 aromatic rings. The second kappa shape index (κ2) is 4.77. The van der Waals surface area contributed by atoms with Gasteiger partial charge in [0.1, 0.15) is 0 Å². The van der Waals surface area contributed by atoms with E-state index in [4.69, 9.17) is 0 Å². The average molecular weight is 209 g/mol. The fourth-order valence-electron chi connectivity index (χ4n) is 0.724. The monoisotopic (exact) mass is 209 g/mol. The van der Waals surface area contributed by atoms with Crippen LogP contribution in [-0.4, -0.2) is 16.7 Å². The van der Waals surface area contributed by atoms with Gasteiger partial charge in [0.2, 0.25) is 0 Å². The van der Waals surface area contributed by atoms with E-state index in [1.165, 1.54) is 23.1 Å². The molecule has 12 heavy (non-hydrogen) atoms. The van der Waals surface area contributed by atoms with Gasteiger partial charge in [-0.2, -0.15) is 0 Å². The van der Waals surface area contributed by atoms with Gasteiger partial charge in [0.25, 0.3) is 6.43 Å². The maximum atomic E-state index is 12.3. The van der Waals surface area contributed by atoms with E-state index >= 15 is 0 Å². The average Bonchev–Trinajstić information content (AvgIpc) is 2.51. The summed E-state index contributed by atoms with van der Waals surface area (Å²) in [5, 5.41) is -0.592.